The van der Waals surface area contributed by atoms with Crippen molar-refractivity contribution < 1.29 is 0 Å². The molecule has 1 heteroatoms. The second-order valence-corrected chi connectivity index (χ2v) is 4.29. The zero-order chi connectivity index (χ0) is 11.0. The minimum absolute atomic E-state index is 0.557. The van der Waals surface area contributed by atoms with E-state index in [-0.39, 0.29) is 0 Å². The second kappa shape index (κ2) is 8.28. The van der Waals surface area contributed by atoms with Gasteiger partial charge in [0.05, 0.1) is 0 Å². The van der Waals surface area contributed by atoms with Crippen LogP contribution in [0.2, 0.25) is 0 Å². The highest BCUT2D eigenvalue weighted by Gasteiger charge is 2.22. The summed E-state index contributed by atoms with van der Waals surface area (Å²) >= 11 is 0. The molecule has 0 bridgehead atoms. The van der Waals surface area contributed by atoms with Crippen molar-refractivity contribution in [2.45, 2.75) is 58.9 Å². The number of unbranched alkanes of at least 4 members (excludes halogenated alkanes) is 1. The number of rotatable bonds is 8. The standard InChI is InChI=1S/C13H28N/c1-6-9-10-12(8-3)13(14-5)11(4)7-2/h11-14H,4,6-10H2,1-3,5H3. The van der Waals surface area contributed by atoms with Gasteiger partial charge >= 0.3 is 0 Å². The summed E-state index contributed by atoms with van der Waals surface area (Å²) in [7, 11) is 2.08. The monoisotopic (exact) mass is 198 g/mol. The average Bonchev–Trinajstić information content (AvgIpc) is 2.23. The lowest BCUT2D eigenvalue weighted by atomic mass is 9.83. The molecular formula is C13H28N. The molecular weight excluding hydrogens is 170 g/mol. The van der Waals surface area contributed by atoms with E-state index in [0.29, 0.717) is 12.0 Å². The molecule has 0 amide bonds. The maximum atomic E-state index is 4.24. The van der Waals surface area contributed by atoms with Crippen molar-refractivity contribution in [2.24, 2.45) is 11.8 Å². The van der Waals surface area contributed by atoms with Crippen LogP contribution in [-0.2, 0) is 0 Å². The third kappa shape index (κ3) is 4.45. The van der Waals surface area contributed by atoms with E-state index in [1.807, 2.05) is 0 Å². The summed E-state index contributed by atoms with van der Waals surface area (Å²) < 4.78 is 0. The van der Waals surface area contributed by atoms with Crippen LogP contribution >= 0.6 is 0 Å². The second-order valence-electron chi connectivity index (χ2n) is 4.29. The molecule has 0 aliphatic carbocycles. The number of nitrogens with one attached hydrogen (secondary N) is 1. The van der Waals surface area contributed by atoms with E-state index in [4.69, 9.17) is 0 Å². The SMILES string of the molecule is [CH2]C(CC)C(NC)C(CC)CCCC. The van der Waals surface area contributed by atoms with Crippen LogP contribution in [0.4, 0.5) is 0 Å². The maximum Gasteiger partial charge on any atom is 0.0120 e. The molecule has 0 aliphatic rings. The van der Waals surface area contributed by atoms with Gasteiger partial charge in [0, 0.05) is 6.04 Å². The van der Waals surface area contributed by atoms with Crippen LogP contribution < -0.4 is 5.32 Å². The smallest absolute Gasteiger partial charge is 0.0120 e. The van der Waals surface area contributed by atoms with Crippen molar-refractivity contribution in [1.82, 2.24) is 5.32 Å². The van der Waals surface area contributed by atoms with Crippen LogP contribution in [-0.4, -0.2) is 13.1 Å². The lowest BCUT2D eigenvalue weighted by molar-refractivity contribution is 0.270. The zero-order valence-electron chi connectivity index (χ0n) is 10.5. The summed E-state index contributed by atoms with van der Waals surface area (Å²) in [5, 5.41) is 3.45. The molecule has 0 fully saturated rings. The van der Waals surface area contributed by atoms with Crippen LogP contribution in [0.1, 0.15) is 52.9 Å². The molecule has 0 spiro atoms. The van der Waals surface area contributed by atoms with E-state index in [0.717, 1.165) is 5.92 Å². The molecule has 0 aromatic carbocycles. The molecule has 0 aromatic rings. The van der Waals surface area contributed by atoms with Crippen molar-refractivity contribution in [3.05, 3.63) is 6.92 Å². The highest BCUT2D eigenvalue weighted by molar-refractivity contribution is 4.82. The van der Waals surface area contributed by atoms with Gasteiger partial charge in [-0.25, -0.2) is 0 Å². The Balaban J connectivity index is 4.13. The van der Waals surface area contributed by atoms with E-state index in [1.165, 1.54) is 32.1 Å². The lowest BCUT2D eigenvalue weighted by Gasteiger charge is -2.30. The minimum Gasteiger partial charge on any atom is -0.316 e. The van der Waals surface area contributed by atoms with E-state index < -0.39 is 0 Å². The fraction of sp³-hybridized carbons (Fsp3) is 0.923. The fourth-order valence-electron chi connectivity index (χ4n) is 2.21. The first-order chi connectivity index (χ1) is 6.71. The van der Waals surface area contributed by atoms with Gasteiger partial charge in [0.25, 0.3) is 0 Å². The van der Waals surface area contributed by atoms with Crippen molar-refractivity contribution >= 4 is 0 Å². The highest BCUT2D eigenvalue weighted by Crippen LogP contribution is 2.23. The maximum absolute atomic E-state index is 4.24. The molecule has 1 nitrogen and oxygen atoms in total. The van der Waals surface area contributed by atoms with Crippen LogP contribution in [0.3, 0.4) is 0 Å². The summed E-state index contributed by atoms with van der Waals surface area (Å²) in [6.45, 7) is 11.0. The summed E-state index contributed by atoms with van der Waals surface area (Å²) in [6.07, 6.45) is 6.46. The largest absolute Gasteiger partial charge is 0.316 e. The minimum atomic E-state index is 0.557. The van der Waals surface area contributed by atoms with Gasteiger partial charge in [0.1, 0.15) is 0 Å². The van der Waals surface area contributed by atoms with E-state index >= 15 is 0 Å². The molecule has 3 atom stereocenters. The molecule has 3 unspecified atom stereocenters. The predicted octanol–water partition coefficient (Wildman–Crippen LogP) is 3.65. The first kappa shape index (κ1) is 14.0. The Morgan fingerprint density at radius 1 is 1.14 bits per heavy atom. The van der Waals surface area contributed by atoms with Gasteiger partial charge in [0.2, 0.25) is 0 Å². The predicted molar refractivity (Wildman–Crippen MR) is 65.3 cm³/mol. The quantitative estimate of drug-likeness (QED) is 0.628. The normalized spacial score (nSPS) is 17.8. The Kier molecular flexibility index (Phi) is 8.26. The van der Waals surface area contributed by atoms with Crippen LogP contribution in [0.25, 0.3) is 0 Å². The topological polar surface area (TPSA) is 12.0 Å². The third-order valence-corrected chi connectivity index (χ3v) is 3.33. The Morgan fingerprint density at radius 2 is 1.79 bits per heavy atom. The molecule has 14 heavy (non-hydrogen) atoms. The van der Waals surface area contributed by atoms with Gasteiger partial charge in [-0.2, -0.15) is 0 Å². The van der Waals surface area contributed by atoms with Crippen LogP contribution in [0, 0.1) is 18.8 Å². The highest BCUT2D eigenvalue weighted by atomic mass is 14.9. The van der Waals surface area contributed by atoms with Gasteiger partial charge in [-0.3, -0.25) is 0 Å². The summed E-state index contributed by atoms with van der Waals surface area (Å²) in [5.41, 5.74) is 0. The molecule has 0 rings (SSSR count). The van der Waals surface area contributed by atoms with Gasteiger partial charge in [-0.1, -0.05) is 46.5 Å². The van der Waals surface area contributed by atoms with E-state index in [2.05, 4.69) is 40.1 Å². The van der Waals surface area contributed by atoms with Gasteiger partial charge in [-0.05, 0) is 32.2 Å². The molecule has 1 radical (unpaired) electrons. The van der Waals surface area contributed by atoms with Gasteiger partial charge in [0.15, 0.2) is 0 Å². The third-order valence-electron chi connectivity index (χ3n) is 3.33. The first-order valence-electron chi connectivity index (χ1n) is 6.21. The molecule has 0 saturated heterocycles. The molecule has 85 valence electrons. The number of hydrogen-bond acceptors (Lipinski definition) is 1. The van der Waals surface area contributed by atoms with E-state index in [1.54, 1.807) is 0 Å². The number of hydrogen-bond donors (Lipinski definition) is 1. The van der Waals surface area contributed by atoms with Crippen molar-refractivity contribution in [1.29, 1.82) is 0 Å². The Morgan fingerprint density at radius 3 is 2.14 bits per heavy atom. The van der Waals surface area contributed by atoms with Crippen LogP contribution in [0.5, 0.6) is 0 Å². The van der Waals surface area contributed by atoms with E-state index in [9.17, 15) is 0 Å². The molecule has 1 N–H and O–H groups in total. The Hall–Kier alpha value is -0.0400. The molecule has 0 heterocycles. The van der Waals surface area contributed by atoms with Crippen molar-refractivity contribution in [3.63, 3.8) is 0 Å². The fourth-order valence-corrected chi connectivity index (χ4v) is 2.21. The molecule has 0 aliphatic heterocycles. The van der Waals surface area contributed by atoms with Gasteiger partial charge in [-0.15, -0.1) is 0 Å². The first-order valence-corrected chi connectivity index (χ1v) is 6.21. The summed E-state index contributed by atoms with van der Waals surface area (Å²) in [4.78, 5) is 0. The lowest BCUT2D eigenvalue weighted by Crippen LogP contribution is -2.39. The Bertz CT molecular complexity index is 122. The summed E-state index contributed by atoms with van der Waals surface area (Å²) in [6, 6.07) is 0.608. The van der Waals surface area contributed by atoms with Crippen molar-refractivity contribution in [2.75, 3.05) is 7.05 Å². The molecule has 0 aromatic heterocycles. The average molecular weight is 198 g/mol. The molecule has 0 saturated carbocycles. The Labute approximate surface area is 90.7 Å². The summed E-state index contributed by atoms with van der Waals surface area (Å²) in [5.74, 6) is 1.37. The zero-order valence-corrected chi connectivity index (χ0v) is 10.5. The van der Waals surface area contributed by atoms with Gasteiger partial charge < -0.3 is 5.32 Å². The van der Waals surface area contributed by atoms with Crippen LogP contribution in [0.15, 0.2) is 0 Å². The van der Waals surface area contributed by atoms with Crippen molar-refractivity contribution in [3.8, 4) is 0 Å².